The lowest BCUT2D eigenvalue weighted by Crippen LogP contribution is -2.29. The highest BCUT2D eigenvalue weighted by molar-refractivity contribution is 5.64. The summed E-state index contributed by atoms with van der Waals surface area (Å²) in [6.45, 7) is 2.99. The minimum absolute atomic E-state index is 0.0175. The number of hydrogen-bond acceptors (Lipinski definition) is 5. The first-order chi connectivity index (χ1) is 9.49. The minimum atomic E-state index is -0.716. The molecule has 1 aromatic carbocycles. The fourth-order valence-corrected chi connectivity index (χ4v) is 2.46. The van der Waals surface area contributed by atoms with Crippen LogP contribution in [0.4, 0.5) is 11.4 Å². The van der Waals surface area contributed by atoms with Crippen LogP contribution in [-0.4, -0.2) is 36.3 Å². The van der Waals surface area contributed by atoms with Crippen LogP contribution in [0, 0.1) is 10.1 Å². The number of aliphatic hydroxyl groups is 1. The molecular formula is C14H20N2O4. The van der Waals surface area contributed by atoms with E-state index in [2.05, 4.69) is 0 Å². The number of ether oxygens (including phenoxy) is 1. The zero-order valence-corrected chi connectivity index (χ0v) is 11.8. The van der Waals surface area contributed by atoms with Crippen LogP contribution in [0.5, 0.6) is 0 Å². The molecule has 1 saturated heterocycles. The fraction of sp³-hybridized carbons (Fsp3) is 0.571. The highest BCUT2D eigenvalue weighted by Gasteiger charge is 2.23. The Morgan fingerprint density at radius 3 is 2.90 bits per heavy atom. The van der Waals surface area contributed by atoms with Gasteiger partial charge in [-0.25, -0.2) is 0 Å². The van der Waals surface area contributed by atoms with Crippen molar-refractivity contribution in [1.29, 1.82) is 0 Å². The SMILES string of the molecule is CC(O)c1ccc(N(C)CC2CCCO2)c([N+](=O)[O-])c1. The molecule has 0 amide bonds. The zero-order chi connectivity index (χ0) is 14.7. The molecule has 2 atom stereocenters. The molecule has 1 aliphatic heterocycles. The molecule has 110 valence electrons. The van der Waals surface area contributed by atoms with Crippen molar-refractivity contribution >= 4 is 11.4 Å². The van der Waals surface area contributed by atoms with Crippen molar-refractivity contribution in [3.63, 3.8) is 0 Å². The van der Waals surface area contributed by atoms with Crippen molar-refractivity contribution in [2.45, 2.75) is 32.0 Å². The number of likely N-dealkylation sites (N-methyl/N-ethyl adjacent to an activating group) is 1. The summed E-state index contributed by atoms with van der Waals surface area (Å²) >= 11 is 0. The highest BCUT2D eigenvalue weighted by atomic mass is 16.6. The summed E-state index contributed by atoms with van der Waals surface area (Å²) in [5.41, 5.74) is 1.12. The Hall–Kier alpha value is -1.66. The Bertz CT molecular complexity index is 484. The topological polar surface area (TPSA) is 75.8 Å². The number of nitro benzene ring substituents is 1. The van der Waals surface area contributed by atoms with Crippen molar-refractivity contribution in [2.24, 2.45) is 0 Å². The quantitative estimate of drug-likeness (QED) is 0.661. The Balaban J connectivity index is 2.22. The van der Waals surface area contributed by atoms with Crippen LogP contribution in [0.3, 0.4) is 0 Å². The third-order valence-electron chi connectivity index (χ3n) is 3.59. The van der Waals surface area contributed by atoms with Crippen molar-refractivity contribution < 1.29 is 14.8 Å². The predicted octanol–water partition coefficient (Wildman–Crippen LogP) is 2.26. The lowest BCUT2D eigenvalue weighted by molar-refractivity contribution is -0.384. The van der Waals surface area contributed by atoms with E-state index in [-0.39, 0.29) is 11.8 Å². The van der Waals surface area contributed by atoms with Gasteiger partial charge in [0, 0.05) is 26.3 Å². The second-order valence-corrected chi connectivity index (χ2v) is 5.20. The summed E-state index contributed by atoms with van der Waals surface area (Å²) in [5.74, 6) is 0. The molecule has 20 heavy (non-hydrogen) atoms. The number of anilines is 1. The molecule has 2 unspecified atom stereocenters. The van der Waals surface area contributed by atoms with Crippen LogP contribution < -0.4 is 4.90 Å². The van der Waals surface area contributed by atoms with Gasteiger partial charge in [-0.2, -0.15) is 0 Å². The Kier molecular flexibility index (Phi) is 4.57. The van der Waals surface area contributed by atoms with Crippen molar-refractivity contribution in [1.82, 2.24) is 0 Å². The van der Waals surface area contributed by atoms with E-state index in [1.165, 1.54) is 6.07 Å². The Labute approximate surface area is 118 Å². The van der Waals surface area contributed by atoms with E-state index in [4.69, 9.17) is 4.74 Å². The van der Waals surface area contributed by atoms with Gasteiger partial charge in [-0.05, 0) is 31.4 Å². The van der Waals surface area contributed by atoms with E-state index in [9.17, 15) is 15.2 Å². The van der Waals surface area contributed by atoms with Gasteiger partial charge in [0.15, 0.2) is 0 Å². The Morgan fingerprint density at radius 2 is 2.35 bits per heavy atom. The monoisotopic (exact) mass is 280 g/mol. The van der Waals surface area contributed by atoms with Crippen LogP contribution in [0.25, 0.3) is 0 Å². The first-order valence-corrected chi connectivity index (χ1v) is 6.78. The fourth-order valence-electron chi connectivity index (χ4n) is 2.46. The molecule has 2 rings (SSSR count). The summed E-state index contributed by atoms with van der Waals surface area (Å²) in [6.07, 6.45) is 1.45. The van der Waals surface area contributed by atoms with Gasteiger partial charge in [-0.1, -0.05) is 6.07 Å². The molecule has 0 aromatic heterocycles. The van der Waals surface area contributed by atoms with Gasteiger partial charge < -0.3 is 14.7 Å². The maximum atomic E-state index is 11.2. The number of nitro groups is 1. The summed E-state index contributed by atoms with van der Waals surface area (Å²) in [5, 5.41) is 20.7. The molecule has 0 aliphatic carbocycles. The molecule has 1 heterocycles. The number of nitrogens with zero attached hydrogens (tertiary/aromatic N) is 2. The zero-order valence-electron chi connectivity index (χ0n) is 11.8. The van der Waals surface area contributed by atoms with Crippen LogP contribution in [0.15, 0.2) is 18.2 Å². The van der Waals surface area contributed by atoms with E-state index < -0.39 is 11.0 Å². The molecule has 1 aliphatic rings. The van der Waals surface area contributed by atoms with E-state index in [1.54, 1.807) is 19.1 Å². The number of rotatable bonds is 5. The van der Waals surface area contributed by atoms with Crippen LogP contribution in [0.1, 0.15) is 31.4 Å². The largest absolute Gasteiger partial charge is 0.389 e. The molecule has 1 N–H and O–H groups in total. The molecule has 0 bridgehead atoms. The average Bonchev–Trinajstić information content (AvgIpc) is 2.90. The van der Waals surface area contributed by atoms with E-state index in [0.717, 1.165) is 19.4 Å². The number of aliphatic hydroxyl groups excluding tert-OH is 1. The van der Waals surface area contributed by atoms with Gasteiger partial charge in [0.05, 0.1) is 17.1 Å². The van der Waals surface area contributed by atoms with Crippen molar-refractivity contribution in [3.8, 4) is 0 Å². The summed E-state index contributed by atoms with van der Waals surface area (Å²) in [7, 11) is 1.83. The molecule has 6 nitrogen and oxygen atoms in total. The van der Waals surface area contributed by atoms with E-state index >= 15 is 0 Å². The van der Waals surface area contributed by atoms with Gasteiger partial charge in [-0.3, -0.25) is 10.1 Å². The normalized spacial score (nSPS) is 19.9. The van der Waals surface area contributed by atoms with Crippen molar-refractivity contribution in [3.05, 3.63) is 33.9 Å². The number of hydrogen-bond donors (Lipinski definition) is 1. The first-order valence-electron chi connectivity index (χ1n) is 6.78. The van der Waals surface area contributed by atoms with E-state index in [1.807, 2.05) is 11.9 Å². The van der Waals surface area contributed by atoms with Gasteiger partial charge >= 0.3 is 0 Å². The average molecular weight is 280 g/mol. The molecule has 1 fully saturated rings. The van der Waals surface area contributed by atoms with Gasteiger partial charge in [0.25, 0.3) is 5.69 Å². The third kappa shape index (κ3) is 3.26. The summed E-state index contributed by atoms with van der Waals surface area (Å²) in [4.78, 5) is 12.6. The molecule has 0 saturated carbocycles. The molecule has 0 radical (unpaired) electrons. The van der Waals surface area contributed by atoms with Gasteiger partial charge in [0.1, 0.15) is 5.69 Å². The molecule has 1 aromatic rings. The van der Waals surface area contributed by atoms with Crippen molar-refractivity contribution in [2.75, 3.05) is 25.1 Å². The smallest absolute Gasteiger partial charge is 0.292 e. The molecule has 6 heteroatoms. The first kappa shape index (κ1) is 14.7. The van der Waals surface area contributed by atoms with Crippen LogP contribution >= 0.6 is 0 Å². The lowest BCUT2D eigenvalue weighted by Gasteiger charge is -2.23. The van der Waals surface area contributed by atoms with Gasteiger partial charge in [0.2, 0.25) is 0 Å². The van der Waals surface area contributed by atoms with Crippen LogP contribution in [-0.2, 0) is 4.74 Å². The summed E-state index contributed by atoms with van der Waals surface area (Å²) < 4.78 is 5.56. The third-order valence-corrected chi connectivity index (χ3v) is 3.59. The predicted molar refractivity (Wildman–Crippen MR) is 76.0 cm³/mol. The molecule has 0 spiro atoms. The highest BCUT2D eigenvalue weighted by Crippen LogP contribution is 2.31. The standard InChI is InChI=1S/C14H20N2O4/c1-10(17)11-5-6-13(14(8-11)16(18)19)15(2)9-12-4-3-7-20-12/h5-6,8,10,12,17H,3-4,7,9H2,1-2H3. The van der Waals surface area contributed by atoms with E-state index in [0.29, 0.717) is 17.8 Å². The van der Waals surface area contributed by atoms with Crippen LogP contribution in [0.2, 0.25) is 0 Å². The van der Waals surface area contributed by atoms with Gasteiger partial charge in [-0.15, -0.1) is 0 Å². The second kappa shape index (κ2) is 6.19. The maximum absolute atomic E-state index is 11.2. The second-order valence-electron chi connectivity index (χ2n) is 5.20. The molecular weight excluding hydrogens is 260 g/mol. The summed E-state index contributed by atoms with van der Waals surface area (Å²) in [6, 6.07) is 4.85. The number of benzene rings is 1. The maximum Gasteiger partial charge on any atom is 0.292 e. The lowest BCUT2D eigenvalue weighted by atomic mass is 10.1. The Morgan fingerprint density at radius 1 is 1.60 bits per heavy atom. The minimum Gasteiger partial charge on any atom is -0.389 e.